The molecule has 0 aliphatic carbocycles. The molecule has 2 rings (SSSR count). The molecular formula is C11H12N2O3. The second kappa shape index (κ2) is 4.22. The van der Waals surface area contributed by atoms with E-state index in [0.717, 1.165) is 0 Å². The standard InChI is InChI=1S/C11H12N2O3/c12-10(14)9(8-4-2-1-3-5-8)13-6-7-16-11(13)15/h1-5,9H,6-7H2,(H2,12,14). The van der Waals surface area contributed by atoms with Crippen LogP contribution in [0.5, 0.6) is 0 Å². The molecule has 1 aromatic carbocycles. The van der Waals surface area contributed by atoms with Crippen molar-refractivity contribution in [2.45, 2.75) is 6.04 Å². The molecule has 1 heterocycles. The number of benzene rings is 1. The zero-order valence-corrected chi connectivity index (χ0v) is 8.63. The van der Waals surface area contributed by atoms with E-state index in [9.17, 15) is 9.59 Å². The fraction of sp³-hybridized carbons (Fsp3) is 0.273. The van der Waals surface area contributed by atoms with E-state index >= 15 is 0 Å². The summed E-state index contributed by atoms with van der Waals surface area (Å²) in [5, 5.41) is 0. The van der Waals surface area contributed by atoms with Crippen LogP contribution in [0, 0.1) is 0 Å². The third-order valence-electron chi connectivity index (χ3n) is 2.49. The van der Waals surface area contributed by atoms with Crippen LogP contribution in [-0.2, 0) is 9.53 Å². The van der Waals surface area contributed by atoms with Crippen molar-refractivity contribution in [1.29, 1.82) is 0 Å². The minimum absolute atomic E-state index is 0.301. The molecule has 0 bridgehead atoms. The van der Waals surface area contributed by atoms with E-state index in [1.54, 1.807) is 24.3 Å². The molecule has 2 N–H and O–H groups in total. The van der Waals surface area contributed by atoms with Crippen molar-refractivity contribution >= 4 is 12.0 Å². The Bertz CT molecular complexity index is 405. The first kappa shape index (κ1) is 10.5. The van der Waals surface area contributed by atoms with Crippen molar-refractivity contribution in [3.63, 3.8) is 0 Å². The lowest BCUT2D eigenvalue weighted by Crippen LogP contribution is -2.38. The largest absolute Gasteiger partial charge is 0.448 e. The summed E-state index contributed by atoms with van der Waals surface area (Å²) < 4.78 is 4.80. The van der Waals surface area contributed by atoms with E-state index in [-0.39, 0.29) is 0 Å². The fourth-order valence-corrected chi connectivity index (χ4v) is 1.77. The zero-order valence-electron chi connectivity index (χ0n) is 8.63. The quantitative estimate of drug-likeness (QED) is 0.813. The molecule has 0 radical (unpaired) electrons. The zero-order chi connectivity index (χ0) is 11.5. The number of cyclic esters (lactones) is 1. The van der Waals surface area contributed by atoms with Crippen LogP contribution in [0.25, 0.3) is 0 Å². The molecule has 2 amide bonds. The Morgan fingerprint density at radius 2 is 2.06 bits per heavy atom. The van der Waals surface area contributed by atoms with Gasteiger partial charge in [0.1, 0.15) is 12.6 Å². The molecule has 1 saturated heterocycles. The monoisotopic (exact) mass is 220 g/mol. The van der Waals surface area contributed by atoms with Crippen LogP contribution in [0.2, 0.25) is 0 Å². The van der Waals surface area contributed by atoms with Crippen LogP contribution >= 0.6 is 0 Å². The van der Waals surface area contributed by atoms with Crippen LogP contribution in [0.4, 0.5) is 4.79 Å². The second-order valence-electron chi connectivity index (χ2n) is 3.52. The Hall–Kier alpha value is -2.04. The van der Waals surface area contributed by atoms with Crippen LogP contribution in [-0.4, -0.2) is 30.1 Å². The average molecular weight is 220 g/mol. The first-order chi connectivity index (χ1) is 7.70. The lowest BCUT2D eigenvalue weighted by atomic mass is 10.1. The molecular weight excluding hydrogens is 208 g/mol. The number of carbonyl (C=O) groups excluding carboxylic acids is 2. The highest BCUT2D eigenvalue weighted by Crippen LogP contribution is 2.23. The number of carbonyl (C=O) groups is 2. The first-order valence-corrected chi connectivity index (χ1v) is 4.98. The van der Waals surface area contributed by atoms with Crippen molar-refractivity contribution in [3.05, 3.63) is 35.9 Å². The van der Waals surface area contributed by atoms with Gasteiger partial charge < -0.3 is 10.5 Å². The Morgan fingerprint density at radius 3 is 2.56 bits per heavy atom. The Morgan fingerprint density at radius 1 is 1.38 bits per heavy atom. The summed E-state index contributed by atoms with van der Waals surface area (Å²) in [5.41, 5.74) is 6.03. The molecule has 84 valence electrons. The van der Waals surface area contributed by atoms with Gasteiger partial charge in [0.25, 0.3) is 0 Å². The number of hydrogen-bond donors (Lipinski definition) is 1. The van der Waals surface area contributed by atoms with E-state index < -0.39 is 18.0 Å². The van der Waals surface area contributed by atoms with Crippen LogP contribution in [0.15, 0.2) is 30.3 Å². The predicted octanol–water partition coefficient (Wildman–Crippen LogP) is 0.665. The highest BCUT2D eigenvalue weighted by molar-refractivity contribution is 5.86. The second-order valence-corrected chi connectivity index (χ2v) is 3.52. The lowest BCUT2D eigenvalue weighted by molar-refractivity contribution is -0.122. The minimum Gasteiger partial charge on any atom is -0.448 e. The summed E-state index contributed by atoms with van der Waals surface area (Å²) in [6.07, 6.45) is -0.493. The number of rotatable bonds is 3. The van der Waals surface area contributed by atoms with Gasteiger partial charge in [0.05, 0.1) is 6.54 Å². The van der Waals surface area contributed by atoms with Gasteiger partial charge in [0.15, 0.2) is 0 Å². The van der Waals surface area contributed by atoms with Crippen LogP contribution in [0.1, 0.15) is 11.6 Å². The van der Waals surface area contributed by atoms with E-state index in [1.165, 1.54) is 4.90 Å². The third-order valence-corrected chi connectivity index (χ3v) is 2.49. The first-order valence-electron chi connectivity index (χ1n) is 4.98. The summed E-state index contributed by atoms with van der Waals surface area (Å²) in [5.74, 6) is -0.551. The fourth-order valence-electron chi connectivity index (χ4n) is 1.77. The summed E-state index contributed by atoms with van der Waals surface area (Å²) in [6, 6.07) is 8.22. The van der Waals surface area contributed by atoms with E-state index in [4.69, 9.17) is 10.5 Å². The summed E-state index contributed by atoms with van der Waals surface area (Å²) >= 11 is 0. The topological polar surface area (TPSA) is 72.6 Å². The SMILES string of the molecule is NC(=O)C(c1ccccc1)N1CCOC1=O. The third kappa shape index (κ3) is 1.84. The van der Waals surface area contributed by atoms with E-state index in [0.29, 0.717) is 18.7 Å². The van der Waals surface area contributed by atoms with Crippen molar-refractivity contribution in [3.8, 4) is 0 Å². The maximum Gasteiger partial charge on any atom is 0.410 e. The molecule has 1 fully saturated rings. The van der Waals surface area contributed by atoms with Gasteiger partial charge >= 0.3 is 6.09 Å². The highest BCUT2D eigenvalue weighted by atomic mass is 16.6. The molecule has 1 aromatic rings. The number of ether oxygens (including phenoxy) is 1. The van der Waals surface area contributed by atoms with Gasteiger partial charge in [0.2, 0.25) is 5.91 Å². The molecule has 1 unspecified atom stereocenters. The smallest absolute Gasteiger partial charge is 0.410 e. The molecule has 0 aromatic heterocycles. The maximum absolute atomic E-state index is 11.4. The Balaban J connectivity index is 2.31. The highest BCUT2D eigenvalue weighted by Gasteiger charge is 2.34. The number of nitrogens with two attached hydrogens (primary N) is 1. The molecule has 16 heavy (non-hydrogen) atoms. The van der Waals surface area contributed by atoms with Gasteiger partial charge in [-0.05, 0) is 5.56 Å². The molecule has 1 atom stereocenters. The van der Waals surface area contributed by atoms with Gasteiger partial charge in [-0.15, -0.1) is 0 Å². The number of nitrogens with zero attached hydrogens (tertiary/aromatic N) is 1. The van der Waals surface area contributed by atoms with Gasteiger partial charge in [0, 0.05) is 0 Å². The number of amides is 2. The van der Waals surface area contributed by atoms with E-state index in [2.05, 4.69) is 0 Å². The van der Waals surface area contributed by atoms with Crippen molar-refractivity contribution < 1.29 is 14.3 Å². The molecule has 5 nitrogen and oxygen atoms in total. The normalized spacial score (nSPS) is 17.0. The van der Waals surface area contributed by atoms with Gasteiger partial charge in [-0.3, -0.25) is 9.69 Å². The lowest BCUT2D eigenvalue weighted by Gasteiger charge is -2.22. The van der Waals surface area contributed by atoms with Crippen molar-refractivity contribution in [2.75, 3.05) is 13.2 Å². The van der Waals surface area contributed by atoms with Crippen LogP contribution < -0.4 is 5.73 Å². The van der Waals surface area contributed by atoms with Crippen molar-refractivity contribution in [1.82, 2.24) is 4.90 Å². The number of hydrogen-bond acceptors (Lipinski definition) is 3. The number of primary amides is 1. The van der Waals surface area contributed by atoms with Crippen molar-refractivity contribution in [2.24, 2.45) is 5.73 Å². The summed E-state index contributed by atoms with van der Waals surface area (Å²) in [6.45, 7) is 0.691. The average Bonchev–Trinajstić information content (AvgIpc) is 2.66. The maximum atomic E-state index is 11.4. The molecule has 0 saturated carbocycles. The Kier molecular flexibility index (Phi) is 2.76. The van der Waals surface area contributed by atoms with E-state index in [1.807, 2.05) is 6.07 Å². The van der Waals surface area contributed by atoms with Gasteiger partial charge in [-0.1, -0.05) is 30.3 Å². The molecule has 1 aliphatic heterocycles. The summed E-state index contributed by atoms with van der Waals surface area (Å²) in [4.78, 5) is 24.1. The predicted molar refractivity (Wildman–Crippen MR) is 56.4 cm³/mol. The summed E-state index contributed by atoms with van der Waals surface area (Å²) in [7, 11) is 0. The van der Waals surface area contributed by atoms with Gasteiger partial charge in [-0.2, -0.15) is 0 Å². The van der Waals surface area contributed by atoms with Crippen LogP contribution in [0.3, 0.4) is 0 Å². The molecule has 0 spiro atoms. The Labute approximate surface area is 92.8 Å². The minimum atomic E-state index is -0.740. The van der Waals surface area contributed by atoms with Gasteiger partial charge in [-0.25, -0.2) is 4.79 Å². The molecule has 5 heteroatoms. The molecule has 1 aliphatic rings.